The van der Waals surface area contributed by atoms with E-state index < -0.39 is 0 Å². The summed E-state index contributed by atoms with van der Waals surface area (Å²) in [7, 11) is 3.89. The van der Waals surface area contributed by atoms with Gasteiger partial charge in [0.15, 0.2) is 0 Å². The molecule has 80 valence electrons. The van der Waals surface area contributed by atoms with Crippen molar-refractivity contribution in [3.63, 3.8) is 0 Å². The van der Waals surface area contributed by atoms with Gasteiger partial charge in [0, 0.05) is 14.1 Å². The normalized spacial score (nSPS) is 24.6. The number of benzene rings is 1. The summed E-state index contributed by atoms with van der Waals surface area (Å²) in [4.78, 5) is 6.46. The molecular weight excluding hydrogens is 188 g/mol. The lowest BCUT2D eigenvalue weighted by molar-refractivity contribution is 0.189. The molecule has 3 nitrogen and oxygen atoms in total. The van der Waals surface area contributed by atoms with E-state index in [1.807, 2.05) is 37.2 Å². The van der Waals surface area contributed by atoms with Crippen LogP contribution in [-0.4, -0.2) is 31.1 Å². The first kappa shape index (κ1) is 10.0. The van der Waals surface area contributed by atoms with Crippen LogP contribution in [0.25, 0.3) is 0 Å². The van der Waals surface area contributed by atoms with Crippen molar-refractivity contribution in [3.8, 4) is 0 Å². The Hall–Kier alpha value is -1.51. The van der Waals surface area contributed by atoms with Gasteiger partial charge in [-0.3, -0.25) is 0 Å². The van der Waals surface area contributed by atoms with Gasteiger partial charge in [-0.2, -0.15) is 0 Å². The van der Waals surface area contributed by atoms with Crippen molar-refractivity contribution in [3.05, 3.63) is 35.9 Å². The highest BCUT2D eigenvalue weighted by Crippen LogP contribution is 2.28. The van der Waals surface area contributed by atoms with Crippen molar-refractivity contribution in [1.82, 2.24) is 4.90 Å². The van der Waals surface area contributed by atoms with Crippen molar-refractivity contribution < 1.29 is 4.74 Å². The molecular formula is C12H16N2O. The molecule has 0 aliphatic carbocycles. The molecule has 0 saturated heterocycles. The first-order chi connectivity index (χ1) is 7.18. The number of rotatable bonds is 1. The van der Waals surface area contributed by atoms with E-state index in [9.17, 15) is 0 Å². The molecule has 0 saturated carbocycles. The van der Waals surface area contributed by atoms with E-state index >= 15 is 0 Å². The molecule has 0 fully saturated rings. The van der Waals surface area contributed by atoms with Crippen molar-refractivity contribution >= 4 is 6.02 Å². The minimum absolute atomic E-state index is 0.116. The summed E-state index contributed by atoms with van der Waals surface area (Å²) < 4.78 is 5.67. The third kappa shape index (κ3) is 1.96. The Morgan fingerprint density at radius 3 is 2.40 bits per heavy atom. The lowest BCUT2D eigenvalue weighted by Gasteiger charge is -2.14. The van der Waals surface area contributed by atoms with Crippen LogP contribution >= 0.6 is 0 Å². The molecule has 0 bridgehead atoms. The third-order valence-corrected chi connectivity index (χ3v) is 2.51. The summed E-state index contributed by atoms with van der Waals surface area (Å²) in [5, 5.41) is 0. The van der Waals surface area contributed by atoms with Gasteiger partial charge in [-0.05, 0) is 12.5 Å². The van der Waals surface area contributed by atoms with Crippen molar-refractivity contribution in [2.75, 3.05) is 14.1 Å². The van der Waals surface area contributed by atoms with Crippen LogP contribution in [0.5, 0.6) is 0 Å². The van der Waals surface area contributed by atoms with Crippen molar-refractivity contribution in [2.24, 2.45) is 4.99 Å². The number of hydrogen-bond acceptors (Lipinski definition) is 3. The summed E-state index contributed by atoms with van der Waals surface area (Å²) >= 11 is 0. The highest BCUT2D eigenvalue weighted by Gasteiger charge is 2.29. The minimum Gasteiger partial charge on any atom is -0.459 e. The highest BCUT2D eigenvalue weighted by molar-refractivity contribution is 5.75. The number of amidine groups is 1. The molecule has 0 unspecified atom stereocenters. The maximum Gasteiger partial charge on any atom is 0.287 e. The van der Waals surface area contributed by atoms with Crippen LogP contribution in [0.3, 0.4) is 0 Å². The zero-order valence-electron chi connectivity index (χ0n) is 9.34. The molecule has 1 heterocycles. The maximum absolute atomic E-state index is 5.67. The van der Waals surface area contributed by atoms with E-state index in [0.29, 0.717) is 0 Å². The maximum atomic E-state index is 5.67. The molecule has 15 heavy (non-hydrogen) atoms. The second kappa shape index (κ2) is 3.93. The van der Waals surface area contributed by atoms with E-state index in [4.69, 9.17) is 4.74 Å². The number of hydrogen-bond donors (Lipinski definition) is 0. The predicted molar refractivity (Wildman–Crippen MR) is 60.9 cm³/mol. The molecule has 0 amide bonds. The Morgan fingerprint density at radius 1 is 1.20 bits per heavy atom. The second-order valence-corrected chi connectivity index (χ2v) is 3.98. The van der Waals surface area contributed by atoms with E-state index in [2.05, 4.69) is 24.0 Å². The first-order valence-corrected chi connectivity index (χ1v) is 5.15. The van der Waals surface area contributed by atoms with Gasteiger partial charge in [0.25, 0.3) is 6.02 Å². The average Bonchev–Trinajstić information content (AvgIpc) is 2.62. The lowest BCUT2D eigenvalue weighted by Crippen LogP contribution is -2.23. The fourth-order valence-corrected chi connectivity index (χ4v) is 1.70. The van der Waals surface area contributed by atoms with Crippen LogP contribution in [0.2, 0.25) is 0 Å². The molecule has 2 atom stereocenters. The second-order valence-electron chi connectivity index (χ2n) is 3.98. The number of aliphatic imine (C=N–C) groups is 1. The van der Waals surface area contributed by atoms with Crippen LogP contribution < -0.4 is 0 Å². The first-order valence-electron chi connectivity index (χ1n) is 5.15. The summed E-state index contributed by atoms with van der Waals surface area (Å²) in [6.45, 7) is 2.05. The van der Waals surface area contributed by atoms with Gasteiger partial charge in [-0.25, -0.2) is 4.99 Å². The van der Waals surface area contributed by atoms with Gasteiger partial charge >= 0.3 is 0 Å². The molecule has 1 aliphatic heterocycles. The van der Waals surface area contributed by atoms with Gasteiger partial charge in [-0.1, -0.05) is 30.3 Å². The van der Waals surface area contributed by atoms with Gasteiger partial charge in [-0.15, -0.1) is 0 Å². The Kier molecular flexibility index (Phi) is 2.62. The van der Waals surface area contributed by atoms with Crippen LogP contribution in [-0.2, 0) is 4.74 Å². The Balaban J connectivity index is 2.24. The van der Waals surface area contributed by atoms with Gasteiger partial charge in [0.1, 0.15) is 12.1 Å². The van der Waals surface area contributed by atoms with Gasteiger partial charge in [0.2, 0.25) is 0 Å². The van der Waals surface area contributed by atoms with Crippen molar-refractivity contribution in [1.29, 1.82) is 0 Å². The molecule has 1 aromatic carbocycles. The molecule has 0 N–H and O–H groups in total. The van der Waals surface area contributed by atoms with Crippen LogP contribution in [0, 0.1) is 0 Å². The third-order valence-electron chi connectivity index (χ3n) is 2.51. The van der Waals surface area contributed by atoms with Crippen LogP contribution in [0.4, 0.5) is 0 Å². The molecule has 0 spiro atoms. The predicted octanol–water partition coefficient (Wildman–Crippen LogP) is 2.06. The minimum atomic E-state index is 0.116. The zero-order chi connectivity index (χ0) is 10.8. The molecule has 1 aromatic rings. The Bertz CT molecular complexity index is 359. The summed E-state index contributed by atoms with van der Waals surface area (Å²) in [6.07, 6.45) is 0.116. The molecule has 0 radical (unpaired) electrons. The van der Waals surface area contributed by atoms with Crippen molar-refractivity contribution in [2.45, 2.75) is 19.1 Å². The SMILES string of the molecule is C[C@H]1OC(N(C)C)=N[C@@H]1c1ccccc1. The standard InChI is InChI=1S/C12H16N2O/c1-9-11(10-7-5-4-6-8-10)13-12(15-9)14(2)3/h4-9,11H,1-3H3/t9-,11+/m1/s1. The topological polar surface area (TPSA) is 24.8 Å². The molecule has 0 aromatic heterocycles. The monoisotopic (exact) mass is 204 g/mol. The largest absolute Gasteiger partial charge is 0.459 e. The fraction of sp³-hybridized carbons (Fsp3) is 0.417. The Labute approximate surface area is 90.4 Å². The smallest absolute Gasteiger partial charge is 0.287 e. The average molecular weight is 204 g/mol. The fourth-order valence-electron chi connectivity index (χ4n) is 1.70. The summed E-state index contributed by atoms with van der Waals surface area (Å²) in [5.74, 6) is 0. The molecule has 1 aliphatic rings. The van der Waals surface area contributed by atoms with Gasteiger partial charge in [0.05, 0.1) is 0 Å². The lowest BCUT2D eigenvalue weighted by atomic mass is 10.0. The van der Waals surface area contributed by atoms with Crippen LogP contribution in [0.1, 0.15) is 18.5 Å². The van der Waals surface area contributed by atoms with Crippen LogP contribution in [0.15, 0.2) is 35.3 Å². The van der Waals surface area contributed by atoms with Gasteiger partial charge < -0.3 is 9.64 Å². The molecule has 2 rings (SSSR count). The summed E-state index contributed by atoms with van der Waals surface area (Å²) in [5.41, 5.74) is 1.21. The summed E-state index contributed by atoms with van der Waals surface area (Å²) in [6, 6.07) is 11.1. The Morgan fingerprint density at radius 2 is 1.87 bits per heavy atom. The number of nitrogens with zero attached hydrogens (tertiary/aromatic N) is 2. The highest BCUT2D eigenvalue weighted by atomic mass is 16.5. The van der Waals surface area contributed by atoms with E-state index in [0.717, 1.165) is 6.02 Å². The van der Waals surface area contributed by atoms with E-state index in [1.54, 1.807) is 0 Å². The quantitative estimate of drug-likeness (QED) is 0.699. The van der Waals surface area contributed by atoms with E-state index in [-0.39, 0.29) is 12.1 Å². The zero-order valence-corrected chi connectivity index (χ0v) is 9.34. The number of ether oxygens (including phenoxy) is 1. The molecule has 3 heteroatoms. The van der Waals surface area contributed by atoms with E-state index in [1.165, 1.54) is 5.56 Å².